The molecule has 1 aliphatic heterocycles. The van der Waals surface area contributed by atoms with Crippen LogP contribution in [0.5, 0.6) is 0 Å². The lowest BCUT2D eigenvalue weighted by Gasteiger charge is -2.46. The van der Waals surface area contributed by atoms with Crippen molar-refractivity contribution in [1.29, 1.82) is 0 Å². The summed E-state index contributed by atoms with van der Waals surface area (Å²) in [5.41, 5.74) is -0.598. The Bertz CT molecular complexity index is 636. The van der Waals surface area contributed by atoms with E-state index in [2.05, 4.69) is 9.88 Å². The van der Waals surface area contributed by atoms with Gasteiger partial charge in [0, 0.05) is 25.0 Å². The average molecular weight is 369 g/mol. The standard InChI is InChI=1S/C17H27N3O4S/c1-7-23-13(21)12-10-25-14(18-12)19-8-9-20(17(5,6)11-19)15(22)24-16(2,3)4/h10H,7-9,11H2,1-6H3. The molecule has 140 valence electrons. The van der Waals surface area contributed by atoms with Crippen molar-refractivity contribution in [3.63, 3.8) is 0 Å². The van der Waals surface area contributed by atoms with Crippen molar-refractivity contribution in [3.8, 4) is 0 Å². The first kappa shape index (κ1) is 19.5. The smallest absolute Gasteiger partial charge is 0.410 e. The number of hydrogen-bond donors (Lipinski definition) is 0. The number of anilines is 1. The molecule has 0 N–H and O–H groups in total. The van der Waals surface area contributed by atoms with Crippen molar-refractivity contribution in [3.05, 3.63) is 11.1 Å². The number of amides is 1. The molecule has 1 saturated heterocycles. The highest BCUT2D eigenvalue weighted by molar-refractivity contribution is 7.13. The molecule has 8 heteroatoms. The van der Waals surface area contributed by atoms with Crippen LogP contribution in [0.3, 0.4) is 0 Å². The number of esters is 1. The first-order valence-corrected chi connectivity index (χ1v) is 9.29. The van der Waals surface area contributed by atoms with E-state index in [1.165, 1.54) is 11.3 Å². The van der Waals surface area contributed by atoms with Gasteiger partial charge in [0.25, 0.3) is 0 Å². The van der Waals surface area contributed by atoms with Crippen molar-refractivity contribution in [1.82, 2.24) is 9.88 Å². The van der Waals surface area contributed by atoms with Crippen molar-refractivity contribution in [2.24, 2.45) is 0 Å². The molecule has 1 aliphatic rings. The lowest BCUT2D eigenvalue weighted by molar-refractivity contribution is 0.000367. The number of ether oxygens (including phenoxy) is 2. The van der Waals surface area contributed by atoms with Crippen LogP contribution in [0.2, 0.25) is 0 Å². The number of hydrogen-bond acceptors (Lipinski definition) is 7. The van der Waals surface area contributed by atoms with Gasteiger partial charge in [0.2, 0.25) is 0 Å². The molecule has 0 unspecified atom stereocenters. The van der Waals surface area contributed by atoms with Gasteiger partial charge >= 0.3 is 12.1 Å². The number of piperazine rings is 1. The molecule has 0 aromatic carbocycles. The maximum atomic E-state index is 12.4. The zero-order valence-corrected chi connectivity index (χ0v) is 16.6. The first-order valence-electron chi connectivity index (χ1n) is 8.42. The number of nitrogens with zero attached hydrogens (tertiary/aromatic N) is 3. The van der Waals surface area contributed by atoms with E-state index in [0.717, 1.165) is 5.13 Å². The maximum absolute atomic E-state index is 12.4. The Morgan fingerprint density at radius 2 is 2.00 bits per heavy atom. The molecule has 1 amide bonds. The van der Waals surface area contributed by atoms with Gasteiger partial charge in [0.05, 0.1) is 12.1 Å². The molecule has 0 saturated carbocycles. The Morgan fingerprint density at radius 3 is 2.56 bits per heavy atom. The van der Waals surface area contributed by atoms with E-state index in [4.69, 9.17) is 9.47 Å². The number of carbonyl (C=O) groups excluding carboxylic acids is 2. The molecule has 25 heavy (non-hydrogen) atoms. The predicted molar refractivity (Wildman–Crippen MR) is 97.3 cm³/mol. The lowest BCUT2D eigenvalue weighted by atomic mass is 10.00. The molecule has 0 radical (unpaired) electrons. The summed E-state index contributed by atoms with van der Waals surface area (Å²) in [7, 11) is 0. The lowest BCUT2D eigenvalue weighted by Crippen LogP contribution is -2.61. The third-order valence-corrected chi connectivity index (χ3v) is 4.66. The summed E-state index contributed by atoms with van der Waals surface area (Å²) in [6.07, 6.45) is -0.302. The van der Waals surface area contributed by atoms with Crippen molar-refractivity contribution in [2.75, 3.05) is 31.1 Å². The molecule has 0 bridgehead atoms. The summed E-state index contributed by atoms with van der Waals surface area (Å²) in [5, 5.41) is 2.47. The summed E-state index contributed by atoms with van der Waals surface area (Å²) in [4.78, 5) is 32.5. The summed E-state index contributed by atoms with van der Waals surface area (Å²) < 4.78 is 10.5. The molecule has 1 aromatic heterocycles. The van der Waals surface area contributed by atoms with Gasteiger partial charge in [-0.25, -0.2) is 14.6 Å². The minimum absolute atomic E-state index is 0.302. The molecule has 0 spiro atoms. The second kappa shape index (κ2) is 7.19. The van der Waals surface area contributed by atoms with Gasteiger partial charge in [-0.1, -0.05) is 0 Å². The number of carbonyl (C=O) groups is 2. The first-order chi connectivity index (χ1) is 11.5. The molecular formula is C17H27N3O4S. The zero-order valence-electron chi connectivity index (χ0n) is 15.8. The molecule has 1 aromatic rings. The highest BCUT2D eigenvalue weighted by Crippen LogP contribution is 2.29. The molecular weight excluding hydrogens is 342 g/mol. The van der Waals surface area contributed by atoms with E-state index in [9.17, 15) is 9.59 Å². The fourth-order valence-electron chi connectivity index (χ4n) is 2.68. The van der Waals surface area contributed by atoms with Crippen LogP contribution in [0.4, 0.5) is 9.93 Å². The fraction of sp³-hybridized carbons (Fsp3) is 0.706. The van der Waals surface area contributed by atoms with Crippen molar-refractivity contribution >= 4 is 28.5 Å². The van der Waals surface area contributed by atoms with Crippen LogP contribution in [0.15, 0.2) is 5.38 Å². The van der Waals surface area contributed by atoms with E-state index >= 15 is 0 Å². The van der Waals surface area contributed by atoms with Crippen molar-refractivity contribution in [2.45, 2.75) is 52.7 Å². The second-order valence-electron chi connectivity index (χ2n) is 7.60. The summed E-state index contributed by atoms with van der Waals surface area (Å²) in [6.45, 7) is 13.5. The topological polar surface area (TPSA) is 72.0 Å². The Hall–Kier alpha value is -1.83. The van der Waals surface area contributed by atoms with Gasteiger partial charge in [-0.05, 0) is 41.5 Å². The van der Waals surface area contributed by atoms with E-state index in [1.807, 2.05) is 34.6 Å². The van der Waals surface area contributed by atoms with Crippen LogP contribution < -0.4 is 4.90 Å². The average Bonchev–Trinajstić information content (AvgIpc) is 2.94. The molecule has 2 heterocycles. The van der Waals surface area contributed by atoms with Gasteiger partial charge in [-0.3, -0.25) is 4.90 Å². The van der Waals surface area contributed by atoms with Crippen molar-refractivity contribution < 1.29 is 19.1 Å². The largest absolute Gasteiger partial charge is 0.461 e. The Balaban J connectivity index is 2.07. The van der Waals surface area contributed by atoms with Gasteiger partial charge in [-0.2, -0.15) is 0 Å². The molecule has 7 nitrogen and oxygen atoms in total. The maximum Gasteiger partial charge on any atom is 0.410 e. The van der Waals surface area contributed by atoms with Crippen LogP contribution in [0.1, 0.15) is 52.0 Å². The zero-order chi connectivity index (χ0) is 18.8. The summed E-state index contributed by atoms with van der Waals surface area (Å²) >= 11 is 1.41. The minimum atomic E-state index is -0.520. The fourth-order valence-corrected chi connectivity index (χ4v) is 3.50. The second-order valence-corrected chi connectivity index (χ2v) is 8.44. The van der Waals surface area contributed by atoms with Gasteiger partial charge < -0.3 is 14.4 Å². The number of aromatic nitrogens is 1. The highest BCUT2D eigenvalue weighted by atomic mass is 32.1. The van der Waals surface area contributed by atoms with Crippen LogP contribution in [0.25, 0.3) is 0 Å². The van der Waals surface area contributed by atoms with E-state index in [0.29, 0.717) is 31.9 Å². The quantitative estimate of drug-likeness (QED) is 0.762. The third-order valence-electron chi connectivity index (χ3n) is 3.76. The Labute approximate surface area is 152 Å². The SMILES string of the molecule is CCOC(=O)c1csc(N2CCN(C(=O)OC(C)(C)C)C(C)(C)C2)n1. The summed E-state index contributed by atoms with van der Waals surface area (Å²) in [5.74, 6) is -0.406. The van der Waals surface area contributed by atoms with E-state index in [-0.39, 0.29) is 6.09 Å². The highest BCUT2D eigenvalue weighted by Gasteiger charge is 2.39. The van der Waals surface area contributed by atoms with Gasteiger partial charge in [0.15, 0.2) is 10.8 Å². The molecule has 0 aliphatic carbocycles. The monoisotopic (exact) mass is 369 g/mol. The third kappa shape index (κ3) is 4.84. The van der Waals surface area contributed by atoms with Crippen LogP contribution >= 0.6 is 11.3 Å². The molecule has 1 fully saturated rings. The van der Waals surface area contributed by atoms with Crippen LogP contribution in [-0.4, -0.2) is 59.3 Å². The summed E-state index contributed by atoms with van der Waals surface area (Å²) in [6, 6.07) is 0. The predicted octanol–water partition coefficient (Wildman–Crippen LogP) is 3.16. The number of rotatable bonds is 3. The number of thiazole rings is 1. The van der Waals surface area contributed by atoms with Crippen LogP contribution in [-0.2, 0) is 9.47 Å². The Kier molecular flexibility index (Phi) is 5.61. The van der Waals surface area contributed by atoms with Crippen LogP contribution in [0, 0.1) is 0 Å². The molecule has 0 atom stereocenters. The van der Waals surface area contributed by atoms with E-state index in [1.54, 1.807) is 17.2 Å². The normalized spacial score (nSPS) is 17.4. The molecule has 2 rings (SSSR count). The van der Waals surface area contributed by atoms with Gasteiger partial charge in [0.1, 0.15) is 5.60 Å². The van der Waals surface area contributed by atoms with Gasteiger partial charge in [-0.15, -0.1) is 11.3 Å². The van der Waals surface area contributed by atoms with E-state index < -0.39 is 17.1 Å². The Morgan fingerprint density at radius 1 is 1.32 bits per heavy atom. The minimum Gasteiger partial charge on any atom is -0.461 e.